The van der Waals surface area contributed by atoms with Gasteiger partial charge in [-0.2, -0.15) is 0 Å². The van der Waals surface area contributed by atoms with Crippen molar-refractivity contribution in [1.82, 2.24) is 9.97 Å². The number of anilines is 2. The number of imidazole rings is 1. The standard InChI is InChI=1S/C7H13N5O/c1-3(6(9)13)10-7-5(8)11-4(2)12-7/h3,10H,8H2,1-2H3,(H2,9,13)(H,11,12). The normalized spacial score (nSPS) is 12.5. The van der Waals surface area contributed by atoms with Gasteiger partial charge in [0.05, 0.1) is 0 Å². The van der Waals surface area contributed by atoms with Crippen LogP contribution in [0.1, 0.15) is 12.7 Å². The lowest BCUT2D eigenvalue weighted by Gasteiger charge is -2.08. The molecule has 0 spiro atoms. The maximum Gasteiger partial charge on any atom is 0.239 e. The molecule has 0 fully saturated rings. The second-order valence-corrected chi connectivity index (χ2v) is 2.85. The average Bonchev–Trinajstić information content (AvgIpc) is 2.30. The molecule has 0 saturated carbocycles. The van der Waals surface area contributed by atoms with Crippen LogP contribution in [0.2, 0.25) is 0 Å². The Morgan fingerprint density at radius 3 is 2.69 bits per heavy atom. The molecule has 1 unspecified atom stereocenters. The van der Waals surface area contributed by atoms with E-state index in [0.717, 1.165) is 0 Å². The molecule has 0 saturated heterocycles. The number of H-pyrrole nitrogens is 1. The first-order valence-electron chi connectivity index (χ1n) is 3.88. The summed E-state index contributed by atoms with van der Waals surface area (Å²) in [5.41, 5.74) is 10.6. The van der Waals surface area contributed by atoms with Gasteiger partial charge < -0.3 is 21.8 Å². The largest absolute Gasteiger partial charge is 0.382 e. The Morgan fingerprint density at radius 1 is 1.69 bits per heavy atom. The highest BCUT2D eigenvalue weighted by molar-refractivity contribution is 5.82. The average molecular weight is 183 g/mol. The zero-order chi connectivity index (χ0) is 10.0. The minimum absolute atomic E-state index is 0.408. The lowest BCUT2D eigenvalue weighted by Crippen LogP contribution is -2.32. The second kappa shape index (κ2) is 3.34. The van der Waals surface area contributed by atoms with Gasteiger partial charge in [0, 0.05) is 0 Å². The van der Waals surface area contributed by atoms with Crippen LogP contribution in [0.25, 0.3) is 0 Å². The summed E-state index contributed by atoms with van der Waals surface area (Å²) in [6, 6.07) is -0.481. The van der Waals surface area contributed by atoms with Gasteiger partial charge in [-0.3, -0.25) is 4.79 Å². The van der Waals surface area contributed by atoms with E-state index in [1.54, 1.807) is 13.8 Å². The van der Waals surface area contributed by atoms with Crippen LogP contribution in [0.3, 0.4) is 0 Å². The van der Waals surface area contributed by atoms with Gasteiger partial charge >= 0.3 is 0 Å². The molecule has 6 nitrogen and oxygen atoms in total. The first-order valence-corrected chi connectivity index (χ1v) is 3.88. The van der Waals surface area contributed by atoms with Crippen LogP contribution in [0.15, 0.2) is 0 Å². The molecule has 13 heavy (non-hydrogen) atoms. The highest BCUT2D eigenvalue weighted by Gasteiger charge is 2.11. The van der Waals surface area contributed by atoms with Gasteiger partial charge in [0.1, 0.15) is 17.7 Å². The Bertz CT molecular complexity index is 319. The minimum atomic E-state index is -0.481. The van der Waals surface area contributed by atoms with Gasteiger partial charge in [0.2, 0.25) is 5.91 Å². The maximum absolute atomic E-state index is 10.7. The molecule has 1 aromatic heterocycles. The van der Waals surface area contributed by atoms with Crippen LogP contribution >= 0.6 is 0 Å². The smallest absolute Gasteiger partial charge is 0.239 e. The number of carbonyl (C=O) groups is 1. The summed E-state index contributed by atoms with van der Waals surface area (Å²) in [6.45, 7) is 3.42. The SMILES string of the molecule is Cc1nc(NC(C)C(N)=O)c(N)[nH]1. The van der Waals surface area contributed by atoms with E-state index in [0.29, 0.717) is 17.5 Å². The predicted octanol–water partition coefficient (Wildman–Crippen LogP) is -0.414. The van der Waals surface area contributed by atoms with E-state index in [9.17, 15) is 4.79 Å². The number of aryl methyl sites for hydroxylation is 1. The zero-order valence-electron chi connectivity index (χ0n) is 7.59. The number of amides is 1. The molecule has 72 valence electrons. The Balaban J connectivity index is 2.74. The fraction of sp³-hybridized carbons (Fsp3) is 0.429. The third kappa shape index (κ3) is 2.11. The van der Waals surface area contributed by atoms with Crippen molar-refractivity contribution in [2.24, 2.45) is 5.73 Å². The number of hydrogen-bond donors (Lipinski definition) is 4. The van der Waals surface area contributed by atoms with E-state index in [-0.39, 0.29) is 0 Å². The van der Waals surface area contributed by atoms with Crippen molar-refractivity contribution in [2.75, 3.05) is 11.1 Å². The van der Waals surface area contributed by atoms with Crippen molar-refractivity contribution in [2.45, 2.75) is 19.9 Å². The van der Waals surface area contributed by atoms with Crippen LogP contribution in [0.4, 0.5) is 11.6 Å². The van der Waals surface area contributed by atoms with Crippen molar-refractivity contribution >= 4 is 17.5 Å². The summed E-state index contributed by atoms with van der Waals surface area (Å²) < 4.78 is 0. The van der Waals surface area contributed by atoms with Gasteiger partial charge in [0.25, 0.3) is 0 Å². The van der Waals surface area contributed by atoms with Crippen molar-refractivity contribution in [3.63, 3.8) is 0 Å². The molecule has 0 aliphatic heterocycles. The predicted molar refractivity (Wildman–Crippen MR) is 50.0 cm³/mol. The molecule has 1 heterocycles. The first-order chi connectivity index (χ1) is 6.00. The zero-order valence-corrected chi connectivity index (χ0v) is 7.59. The number of nitrogens with one attached hydrogen (secondary N) is 2. The van der Waals surface area contributed by atoms with E-state index in [1.807, 2.05) is 0 Å². The Kier molecular flexibility index (Phi) is 2.41. The molecule has 1 atom stereocenters. The number of nitrogens with two attached hydrogens (primary N) is 2. The summed E-state index contributed by atoms with van der Waals surface area (Å²) in [4.78, 5) is 17.5. The summed E-state index contributed by atoms with van der Waals surface area (Å²) in [7, 11) is 0. The third-order valence-corrected chi connectivity index (χ3v) is 1.63. The van der Waals surface area contributed by atoms with Gasteiger partial charge in [-0.15, -0.1) is 0 Å². The number of primary amides is 1. The van der Waals surface area contributed by atoms with Crippen molar-refractivity contribution in [3.8, 4) is 0 Å². The topological polar surface area (TPSA) is 110 Å². The van der Waals surface area contributed by atoms with E-state index in [1.165, 1.54) is 0 Å². The second-order valence-electron chi connectivity index (χ2n) is 2.85. The van der Waals surface area contributed by atoms with Crippen LogP contribution in [-0.4, -0.2) is 21.9 Å². The number of carbonyl (C=O) groups excluding carboxylic acids is 1. The molecule has 0 aromatic carbocycles. The molecule has 0 bridgehead atoms. The van der Waals surface area contributed by atoms with Gasteiger partial charge in [-0.05, 0) is 13.8 Å². The maximum atomic E-state index is 10.7. The number of nitrogens with zero attached hydrogens (tertiary/aromatic N) is 1. The number of nitrogen functional groups attached to an aromatic ring is 1. The van der Waals surface area contributed by atoms with Crippen molar-refractivity contribution < 1.29 is 4.79 Å². The number of aromatic amines is 1. The van der Waals surface area contributed by atoms with Crippen molar-refractivity contribution in [1.29, 1.82) is 0 Å². The van der Waals surface area contributed by atoms with E-state index >= 15 is 0 Å². The lowest BCUT2D eigenvalue weighted by molar-refractivity contribution is -0.118. The Labute approximate surface area is 75.7 Å². The quantitative estimate of drug-likeness (QED) is 0.510. The molecule has 1 rings (SSSR count). The number of hydrogen-bond acceptors (Lipinski definition) is 4. The summed E-state index contributed by atoms with van der Waals surface area (Å²) in [5, 5.41) is 2.79. The molecule has 0 aliphatic carbocycles. The molecule has 0 aliphatic rings. The summed E-state index contributed by atoms with van der Waals surface area (Å²) in [5.74, 6) is 1.12. The highest BCUT2D eigenvalue weighted by atomic mass is 16.1. The fourth-order valence-electron chi connectivity index (χ4n) is 0.896. The third-order valence-electron chi connectivity index (χ3n) is 1.63. The molecule has 6 N–H and O–H groups in total. The Hall–Kier alpha value is -1.72. The minimum Gasteiger partial charge on any atom is -0.382 e. The lowest BCUT2D eigenvalue weighted by atomic mass is 10.3. The first kappa shape index (κ1) is 9.37. The van der Waals surface area contributed by atoms with E-state index < -0.39 is 11.9 Å². The van der Waals surface area contributed by atoms with Crippen LogP contribution in [0, 0.1) is 6.92 Å². The van der Waals surface area contributed by atoms with Crippen LogP contribution in [-0.2, 0) is 4.79 Å². The molecule has 6 heteroatoms. The Morgan fingerprint density at radius 2 is 2.31 bits per heavy atom. The molecule has 1 aromatic rings. The van der Waals surface area contributed by atoms with Crippen LogP contribution in [0.5, 0.6) is 0 Å². The number of rotatable bonds is 3. The van der Waals surface area contributed by atoms with E-state index in [2.05, 4.69) is 15.3 Å². The molecule has 1 amide bonds. The van der Waals surface area contributed by atoms with E-state index in [4.69, 9.17) is 11.5 Å². The monoisotopic (exact) mass is 183 g/mol. The van der Waals surface area contributed by atoms with Gasteiger partial charge in [-0.25, -0.2) is 4.98 Å². The van der Waals surface area contributed by atoms with Crippen molar-refractivity contribution in [3.05, 3.63) is 5.82 Å². The molecular formula is C7H13N5O. The summed E-state index contributed by atoms with van der Waals surface area (Å²) >= 11 is 0. The van der Waals surface area contributed by atoms with Crippen LogP contribution < -0.4 is 16.8 Å². The number of aromatic nitrogens is 2. The van der Waals surface area contributed by atoms with Gasteiger partial charge in [-0.1, -0.05) is 0 Å². The highest BCUT2D eigenvalue weighted by Crippen LogP contribution is 2.14. The molecule has 0 radical (unpaired) electrons. The molecular weight excluding hydrogens is 170 g/mol. The fourth-order valence-corrected chi connectivity index (χ4v) is 0.896. The summed E-state index contributed by atoms with van der Waals surface area (Å²) in [6.07, 6.45) is 0. The van der Waals surface area contributed by atoms with Gasteiger partial charge in [0.15, 0.2) is 5.82 Å².